The number of fused-ring (bicyclic) bond motifs is 1. The van der Waals surface area contributed by atoms with Crippen molar-refractivity contribution in [2.75, 3.05) is 7.11 Å². The SMILES string of the molecule is CCCC1Cc2cc(OC)ccc2O1. The van der Waals surface area contributed by atoms with Gasteiger partial charge in [0, 0.05) is 12.0 Å². The molecule has 0 aliphatic carbocycles. The molecule has 1 aliphatic rings. The quantitative estimate of drug-likeness (QED) is 0.733. The fourth-order valence-electron chi connectivity index (χ4n) is 1.91. The van der Waals surface area contributed by atoms with E-state index >= 15 is 0 Å². The van der Waals surface area contributed by atoms with Crippen LogP contribution in [0.5, 0.6) is 11.5 Å². The molecule has 0 saturated carbocycles. The number of methoxy groups -OCH3 is 1. The van der Waals surface area contributed by atoms with Gasteiger partial charge in [-0.1, -0.05) is 13.3 Å². The smallest absolute Gasteiger partial charge is 0.123 e. The van der Waals surface area contributed by atoms with Gasteiger partial charge in [0.1, 0.15) is 17.6 Å². The molecule has 0 bridgehead atoms. The van der Waals surface area contributed by atoms with Crippen molar-refractivity contribution in [2.45, 2.75) is 32.3 Å². The molecule has 0 saturated heterocycles. The summed E-state index contributed by atoms with van der Waals surface area (Å²) >= 11 is 0. The van der Waals surface area contributed by atoms with Crippen molar-refractivity contribution >= 4 is 0 Å². The van der Waals surface area contributed by atoms with Gasteiger partial charge in [0.15, 0.2) is 0 Å². The van der Waals surface area contributed by atoms with Gasteiger partial charge in [-0.2, -0.15) is 0 Å². The van der Waals surface area contributed by atoms with Gasteiger partial charge >= 0.3 is 0 Å². The Morgan fingerprint density at radius 1 is 1.50 bits per heavy atom. The zero-order valence-electron chi connectivity index (χ0n) is 8.75. The van der Waals surface area contributed by atoms with Crippen LogP contribution in [-0.2, 0) is 6.42 Å². The highest BCUT2D eigenvalue weighted by Gasteiger charge is 2.22. The summed E-state index contributed by atoms with van der Waals surface area (Å²) in [6.45, 7) is 2.19. The summed E-state index contributed by atoms with van der Waals surface area (Å²) in [6.07, 6.45) is 3.72. The van der Waals surface area contributed by atoms with Gasteiger partial charge in [-0.15, -0.1) is 0 Å². The molecule has 14 heavy (non-hydrogen) atoms. The Hall–Kier alpha value is -1.18. The Morgan fingerprint density at radius 3 is 3.07 bits per heavy atom. The molecular weight excluding hydrogens is 176 g/mol. The van der Waals surface area contributed by atoms with E-state index in [2.05, 4.69) is 13.0 Å². The first kappa shape index (κ1) is 9.38. The molecular formula is C12H16O2. The van der Waals surface area contributed by atoms with Crippen LogP contribution in [0.3, 0.4) is 0 Å². The summed E-state index contributed by atoms with van der Waals surface area (Å²) < 4.78 is 11.0. The molecule has 0 aromatic heterocycles. The topological polar surface area (TPSA) is 18.5 Å². The number of ether oxygens (including phenoxy) is 2. The van der Waals surface area contributed by atoms with Crippen LogP contribution in [0.2, 0.25) is 0 Å². The predicted molar refractivity (Wildman–Crippen MR) is 56.0 cm³/mol. The zero-order valence-corrected chi connectivity index (χ0v) is 8.75. The third-order valence-electron chi connectivity index (χ3n) is 2.62. The summed E-state index contributed by atoms with van der Waals surface area (Å²) in [4.78, 5) is 0. The van der Waals surface area contributed by atoms with Crippen LogP contribution in [0.15, 0.2) is 18.2 Å². The average Bonchev–Trinajstić information content (AvgIpc) is 2.59. The first-order valence-corrected chi connectivity index (χ1v) is 5.17. The minimum absolute atomic E-state index is 0.377. The van der Waals surface area contributed by atoms with Crippen LogP contribution in [0.25, 0.3) is 0 Å². The van der Waals surface area contributed by atoms with E-state index in [0.29, 0.717) is 6.10 Å². The van der Waals surface area contributed by atoms with Gasteiger partial charge < -0.3 is 9.47 Å². The van der Waals surface area contributed by atoms with Gasteiger partial charge in [0.05, 0.1) is 7.11 Å². The maximum absolute atomic E-state index is 5.79. The largest absolute Gasteiger partial charge is 0.497 e. The molecule has 1 aromatic carbocycles. The van der Waals surface area contributed by atoms with Crippen molar-refractivity contribution in [3.8, 4) is 11.5 Å². The fourth-order valence-corrected chi connectivity index (χ4v) is 1.91. The van der Waals surface area contributed by atoms with Crippen LogP contribution >= 0.6 is 0 Å². The van der Waals surface area contributed by atoms with Crippen molar-refractivity contribution < 1.29 is 9.47 Å². The standard InChI is InChI=1S/C12H16O2/c1-3-4-11-8-9-7-10(13-2)5-6-12(9)14-11/h5-7,11H,3-4,8H2,1-2H3. The van der Waals surface area contributed by atoms with Crippen molar-refractivity contribution in [1.29, 1.82) is 0 Å². The van der Waals surface area contributed by atoms with Gasteiger partial charge in [-0.05, 0) is 24.6 Å². The molecule has 1 aromatic rings. The second-order valence-corrected chi connectivity index (χ2v) is 3.71. The highest BCUT2D eigenvalue weighted by molar-refractivity contribution is 5.43. The lowest BCUT2D eigenvalue weighted by Gasteiger charge is -2.07. The maximum atomic E-state index is 5.79. The Kier molecular flexibility index (Phi) is 2.62. The number of rotatable bonds is 3. The minimum atomic E-state index is 0.377. The van der Waals surface area contributed by atoms with E-state index in [-0.39, 0.29) is 0 Å². The molecule has 2 rings (SSSR count). The van der Waals surface area contributed by atoms with Gasteiger partial charge in [0.25, 0.3) is 0 Å². The number of hydrogen-bond donors (Lipinski definition) is 0. The molecule has 1 aliphatic heterocycles. The predicted octanol–water partition coefficient (Wildman–Crippen LogP) is 2.80. The van der Waals surface area contributed by atoms with E-state index in [1.54, 1.807) is 7.11 Å². The molecule has 1 unspecified atom stereocenters. The van der Waals surface area contributed by atoms with Gasteiger partial charge in [-0.25, -0.2) is 0 Å². The van der Waals surface area contributed by atoms with E-state index in [0.717, 1.165) is 24.3 Å². The normalized spacial score (nSPS) is 18.9. The molecule has 76 valence electrons. The minimum Gasteiger partial charge on any atom is -0.497 e. The first-order valence-electron chi connectivity index (χ1n) is 5.17. The van der Waals surface area contributed by atoms with E-state index in [9.17, 15) is 0 Å². The average molecular weight is 192 g/mol. The zero-order chi connectivity index (χ0) is 9.97. The summed E-state index contributed by atoms with van der Waals surface area (Å²) in [5, 5.41) is 0. The Balaban J connectivity index is 2.14. The van der Waals surface area contributed by atoms with Crippen LogP contribution in [0.1, 0.15) is 25.3 Å². The molecule has 0 fully saturated rings. The molecule has 0 spiro atoms. The monoisotopic (exact) mass is 192 g/mol. The molecule has 1 heterocycles. The lowest BCUT2D eigenvalue weighted by atomic mass is 10.1. The third-order valence-corrected chi connectivity index (χ3v) is 2.62. The Labute approximate surface area is 84.8 Å². The summed E-state index contributed by atoms with van der Waals surface area (Å²) in [7, 11) is 1.70. The number of benzene rings is 1. The third kappa shape index (κ3) is 1.69. The highest BCUT2D eigenvalue weighted by atomic mass is 16.5. The summed E-state index contributed by atoms with van der Waals surface area (Å²) in [5.74, 6) is 1.95. The highest BCUT2D eigenvalue weighted by Crippen LogP contribution is 2.33. The van der Waals surface area contributed by atoms with Crippen molar-refractivity contribution in [3.63, 3.8) is 0 Å². The summed E-state index contributed by atoms with van der Waals surface area (Å²) in [5.41, 5.74) is 1.28. The molecule has 0 radical (unpaired) electrons. The van der Waals surface area contributed by atoms with Crippen LogP contribution in [0, 0.1) is 0 Å². The molecule has 2 heteroatoms. The molecule has 2 nitrogen and oxygen atoms in total. The van der Waals surface area contributed by atoms with Crippen molar-refractivity contribution in [2.24, 2.45) is 0 Å². The van der Waals surface area contributed by atoms with Crippen molar-refractivity contribution in [1.82, 2.24) is 0 Å². The van der Waals surface area contributed by atoms with Crippen LogP contribution in [-0.4, -0.2) is 13.2 Å². The second kappa shape index (κ2) is 3.91. The Bertz CT molecular complexity index is 320. The van der Waals surface area contributed by atoms with Crippen molar-refractivity contribution in [3.05, 3.63) is 23.8 Å². The Morgan fingerprint density at radius 2 is 2.36 bits per heavy atom. The first-order chi connectivity index (χ1) is 6.83. The lowest BCUT2D eigenvalue weighted by molar-refractivity contribution is 0.220. The molecule has 0 N–H and O–H groups in total. The molecule has 0 amide bonds. The lowest BCUT2D eigenvalue weighted by Crippen LogP contribution is -2.11. The van der Waals surface area contributed by atoms with Crippen LogP contribution < -0.4 is 9.47 Å². The number of hydrogen-bond acceptors (Lipinski definition) is 2. The fraction of sp³-hybridized carbons (Fsp3) is 0.500. The van der Waals surface area contributed by atoms with Gasteiger partial charge in [0.2, 0.25) is 0 Å². The maximum Gasteiger partial charge on any atom is 0.123 e. The van der Waals surface area contributed by atoms with Crippen LogP contribution in [0.4, 0.5) is 0 Å². The van der Waals surface area contributed by atoms with E-state index in [1.807, 2.05) is 12.1 Å². The van der Waals surface area contributed by atoms with E-state index in [1.165, 1.54) is 12.0 Å². The van der Waals surface area contributed by atoms with Gasteiger partial charge in [-0.3, -0.25) is 0 Å². The van der Waals surface area contributed by atoms with E-state index in [4.69, 9.17) is 9.47 Å². The molecule has 1 atom stereocenters. The van der Waals surface area contributed by atoms with E-state index < -0.39 is 0 Å². The second-order valence-electron chi connectivity index (χ2n) is 3.71. The summed E-state index contributed by atoms with van der Waals surface area (Å²) in [6, 6.07) is 6.03.